The van der Waals surface area contributed by atoms with Gasteiger partial charge in [-0.15, -0.1) is 0 Å². The number of allylic oxidation sites excluding steroid dienone is 1. The number of carbonyl (C=O) groups is 3. The van der Waals surface area contributed by atoms with Gasteiger partial charge in [0.25, 0.3) is 0 Å². The molecule has 0 aromatic heterocycles. The Labute approximate surface area is 211 Å². The van der Waals surface area contributed by atoms with E-state index in [9.17, 15) is 14.4 Å². The molecule has 6 nitrogen and oxygen atoms in total. The first-order chi connectivity index (χ1) is 14.5. The highest BCUT2D eigenvalue weighted by Gasteiger charge is 2.24. The minimum Gasteiger partial charge on any atom is -0.424 e. The Balaban J connectivity index is 2.01. The molecule has 2 aromatic carbocycles. The number of ether oxygens (including phenoxy) is 3. The second-order valence-corrected chi connectivity index (χ2v) is 9.68. The molecular formula is C21H12Br4O6. The van der Waals surface area contributed by atoms with Gasteiger partial charge in [0, 0.05) is 25.5 Å². The van der Waals surface area contributed by atoms with E-state index in [2.05, 4.69) is 63.7 Å². The molecule has 160 valence electrons. The Morgan fingerprint density at radius 1 is 0.839 bits per heavy atom. The number of hydrogen-bond acceptors (Lipinski definition) is 6. The Morgan fingerprint density at radius 3 is 1.74 bits per heavy atom. The van der Waals surface area contributed by atoms with Crippen molar-refractivity contribution in [2.24, 2.45) is 0 Å². The largest absolute Gasteiger partial charge is 0.424 e. The van der Waals surface area contributed by atoms with Crippen LogP contribution in [0.3, 0.4) is 0 Å². The fourth-order valence-corrected chi connectivity index (χ4v) is 5.46. The molecule has 31 heavy (non-hydrogen) atoms. The Kier molecular flexibility index (Phi) is 7.56. The van der Waals surface area contributed by atoms with Crippen molar-refractivity contribution in [1.29, 1.82) is 0 Å². The molecule has 0 saturated heterocycles. The van der Waals surface area contributed by atoms with Crippen LogP contribution in [0.5, 0.6) is 11.5 Å². The van der Waals surface area contributed by atoms with Gasteiger partial charge in [0.05, 0.1) is 17.9 Å². The van der Waals surface area contributed by atoms with Crippen molar-refractivity contribution in [2.75, 3.05) is 0 Å². The van der Waals surface area contributed by atoms with Crippen LogP contribution in [0.4, 0.5) is 0 Å². The lowest BCUT2D eigenvalue weighted by Crippen LogP contribution is -2.03. The normalized spacial score (nSPS) is 14.3. The minimum absolute atomic E-state index is 0.335. The van der Waals surface area contributed by atoms with Crippen molar-refractivity contribution >= 4 is 93.3 Å². The summed E-state index contributed by atoms with van der Waals surface area (Å²) in [6.07, 6.45) is 3.06. The van der Waals surface area contributed by atoms with Gasteiger partial charge in [0.1, 0.15) is 5.76 Å². The lowest BCUT2D eigenvalue weighted by molar-refractivity contribution is -0.132. The topological polar surface area (TPSA) is 78.9 Å². The predicted octanol–water partition coefficient (Wildman–Crippen LogP) is 6.57. The van der Waals surface area contributed by atoms with E-state index in [0.717, 1.165) is 0 Å². The molecule has 3 rings (SSSR count). The molecular weight excluding hydrogens is 668 g/mol. The van der Waals surface area contributed by atoms with Crippen LogP contribution in [0.25, 0.3) is 11.6 Å². The van der Waals surface area contributed by atoms with Gasteiger partial charge in [-0.2, -0.15) is 0 Å². The lowest BCUT2D eigenvalue weighted by Gasteiger charge is -2.12. The SMILES string of the molecule is CC(=O)Oc1c(Br)cc(/C=C2\OC(=O)C=C2c2cc(Br)c(OC(C)=O)c(Br)c2)cc1Br. The molecule has 0 saturated carbocycles. The maximum atomic E-state index is 12.0. The maximum absolute atomic E-state index is 12.0. The number of benzene rings is 2. The summed E-state index contributed by atoms with van der Waals surface area (Å²) in [5.74, 6) is -0.392. The van der Waals surface area contributed by atoms with E-state index in [1.165, 1.54) is 19.9 Å². The smallest absolute Gasteiger partial charge is 0.336 e. The Bertz CT molecular complexity index is 1140. The van der Waals surface area contributed by atoms with Crippen molar-refractivity contribution in [1.82, 2.24) is 0 Å². The molecule has 0 bridgehead atoms. The summed E-state index contributed by atoms with van der Waals surface area (Å²) in [4.78, 5) is 34.6. The molecule has 0 N–H and O–H groups in total. The molecule has 0 spiro atoms. The molecule has 1 heterocycles. The summed E-state index contributed by atoms with van der Waals surface area (Å²) < 4.78 is 17.9. The van der Waals surface area contributed by atoms with Crippen LogP contribution < -0.4 is 9.47 Å². The first-order valence-corrected chi connectivity index (χ1v) is 11.7. The first-order valence-electron chi connectivity index (χ1n) is 8.56. The standard InChI is InChI=1S/C21H12Br4O6/c1-9(26)29-20-14(22)3-11(4-15(20)23)5-18-13(8-19(28)31-18)12-6-16(24)21(17(25)7-12)30-10(2)27/h3-8H,1-2H3/b18-5-. The third-order valence-electron chi connectivity index (χ3n) is 3.86. The van der Waals surface area contributed by atoms with Crippen LogP contribution in [-0.4, -0.2) is 17.9 Å². The zero-order chi connectivity index (χ0) is 22.9. The average Bonchev–Trinajstić information content (AvgIpc) is 3.01. The summed E-state index contributed by atoms with van der Waals surface area (Å²) in [6, 6.07) is 6.91. The van der Waals surface area contributed by atoms with Crippen LogP contribution in [0.15, 0.2) is 54.0 Å². The molecule has 0 unspecified atom stereocenters. The third kappa shape index (κ3) is 5.74. The number of esters is 3. The highest BCUT2D eigenvalue weighted by atomic mass is 79.9. The Hall–Kier alpha value is -1.75. The van der Waals surface area contributed by atoms with Gasteiger partial charge in [-0.1, -0.05) is 0 Å². The number of hydrogen-bond donors (Lipinski definition) is 0. The predicted molar refractivity (Wildman–Crippen MR) is 128 cm³/mol. The van der Waals surface area contributed by atoms with Crippen molar-refractivity contribution < 1.29 is 28.6 Å². The van der Waals surface area contributed by atoms with Gasteiger partial charge in [0.15, 0.2) is 11.5 Å². The van der Waals surface area contributed by atoms with E-state index in [1.54, 1.807) is 30.3 Å². The molecule has 10 heteroatoms. The van der Waals surface area contributed by atoms with Crippen molar-refractivity contribution in [2.45, 2.75) is 13.8 Å². The van der Waals surface area contributed by atoms with E-state index < -0.39 is 17.9 Å². The van der Waals surface area contributed by atoms with Gasteiger partial charge >= 0.3 is 17.9 Å². The zero-order valence-corrected chi connectivity index (χ0v) is 22.3. The summed E-state index contributed by atoms with van der Waals surface area (Å²) in [7, 11) is 0. The molecule has 2 aromatic rings. The van der Waals surface area contributed by atoms with Gasteiger partial charge in [-0.05, 0) is 105 Å². The highest BCUT2D eigenvalue weighted by Crippen LogP contribution is 2.41. The Morgan fingerprint density at radius 2 is 1.29 bits per heavy atom. The van der Waals surface area contributed by atoms with Crippen molar-refractivity contribution in [3.63, 3.8) is 0 Å². The first kappa shape index (κ1) is 23.9. The number of halogens is 4. The van der Waals surface area contributed by atoms with Gasteiger partial charge in [-0.25, -0.2) is 4.79 Å². The zero-order valence-electron chi connectivity index (χ0n) is 15.9. The van der Waals surface area contributed by atoms with Crippen LogP contribution in [0.2, 0.25) is 0 Å². The molecule has 0 fully saturated rings. The van der Waals surface area contributed by atoms with E-state index in [1.807, 2.05) is 0 Å². The lowest BCUT2D eigenvalue weighted by atomic mass is 10.0. The molecule has 1 aliphatic rings. The maximum Gasteiger partial charge on any atom is 0.336 e. The van der Waals surface area contributed by atoms with Crippen molar-refractivity contribution in [3.05, 3.63) is 65.1 Å². The summed E-state index contributed by atoms with van der Waals surface area (Å²) in [5, 5.41) is 0. The number of rotatable bonds is 4. The van der Waals surface area contributed by atoms with Crippen LogP contribution in [0, 0.1) is 0 Å². The molecule has 0 aliphatic carbocycles. The quantitative estimate of drug-likeness (QED) is 0.269. The van der Waals surface area contributed by atoms with E-state index in [4.69, 9.17) is 14.2 Å². The fourth-order valence-electron chi connectivity index (χ4n) is 2.73. The number of carbonyl (C=O) groups excluding carboxylic acids is 3. The second kappa shape index (κ2) is 9.81. The van der Waals surface area contributed by atoms with Gasteiger partial charge in [0.2, 0.25) is 0 Å². The van der Waals surface area contributed by atoms with Gasteiger partial charge < -0.3 is 14.2 Å². The highest BCUT2D eigenvalue weighted by molar-refractivity contribution is 9.11. The van der Waals surface area contributed by atoms with E-state index in [0.29, 0.717) is 51.8 Å². The number of cyclic esters (lactones) is 1. The molecule has 0 atom stereocenters. The third-order valence-corrected chi connectivity index (χ3v) is 6.21. The van der Waals surface area contributed by atoms with E-state index in [-0.39, 0.29) is 0 Å². The van der Waals surface area contributed by atoms with Crippen LogP contribution in [0.1, 0.15) is 25.0 Å². The van der Waals surface area contributed by atoms with Gasteiger partial charge in [-0.3, -0.25) is 9.59 Å². The van der Waals surface area contributed by atoms with Crippen molar-refractivity contribution in [3.8, 4) is 11.5 Å². The molecule has 1 aliphatic heterocycles. The summed E-state index contributed by atoms with van der Waals surface area (Å²) >= 11 is 13.5. The van der Waals surface area contributed by atoms with Crippen LogP contribution >= 0.6 is 63.7 Å². The van der Waals surface area contributed by atoms with E-state index >= 15 is 0 Å². The summed E-state index contributed by atoms with van der Waals surface area (Å²) in [5.41, 5.74) is 1.92. The average molecular weight is 680 g/mol. The monoisotopic (exact) mass is 676 g/mol. The van der Waals surface area contributed by atoms with Crippen LogP contribution in [-0.2, 0) is 19.1 Å². The molecule has 0 radical (unpaired) electrons. The second-order valence-electron chi connectivity index (χ2n) is 6.26. The minimum atomic E-state index is -0.507. The summed E-state index contributed by atoms with van der Waals surface area (Å²) in [6.45, 7) is 2.62. The fraction of sp³-hybridized carbons (Fsp3) is 0.0952. The molecule has 0 amide bonds.